The molecule has 0 saturated heterocycles. The van der Waals surface area contributed by atoms with Crippen LogP contribution in [0.15, 0.2) is 30.3 Å². The number of nitrogens with one attached hydrogen (secondary N) is 1. The van der Waals surface area contributed by atoms with E-state index in [1.54, 1.807) is 0 Å². The van der Waals surface area contributed by atoms with Crippen molar-refractivity contribution in [2.75, 3.05) is 20.6 Å². The molecule has 0 heterocycles. The van der Waals surface area contributed by atoms with Crippen LogP contribution in [0.25, 0.3) is 0 Å². The van der Waals surface area contributed by atoms with Gasteiger partial charge >= 0.3 is 0 Å². The first-order valence-corrected chi connectivity index (χ1v) is 6.68. The van der Waals surface area contributed by atoms with E-state index in [4.69, 9.17) is 5.73 Å². The molecule has 1 amide bonds. The summed E-state index contributed by atoms with van der Waals surface area (Å²) in [6.07, 6.45) is 0. The van der Waals surface area contributed by atoms with Crippen LogP contribution in [0.4, 0.5) is 0 Å². The summed E-state index contributed by atoms with van der Waals surface area (Å²) in [6.45, 7) is 4.58. The van der Waals surface area contributed by atoms with Gasteiger partial charge in [0.15, 0.2) is 0 Å². The molecule has 122 valence electrons. The first kappa shape index (κ1) is 22.5. The van der Waals surface area contributed by atoms with Gasteiger partial charge in [-0.1, -0.05) is 37.3 Å². The Kier molecular flexibility index (Phi) is 11.6. The average molecular weight is 336 g/mol. The minimum absolute atomic E-state index is 0. The van der Waals surface area contributed by atoms with Gasteiger partial charge in [0.2, 0.25) is 5.91 Å². The van der Waals surface area contributed by atoms with Crippen LogP contribution in [0.1, 0.15) is 25.5 Å². The molecule has 6 heteroatoms. The number of rotatable bonds is 6. The molecular formula is C15H27Cl2N3O. The Morgan fingerprint density at radius 2 is 1.71 bits per heavy atom. The molecule has 0 spiro atoms. The number of nitrogens with two attached hydrogens (primary N) is 1. The first-order valence-electron chi connectivity index (χ1n) is 6.68. The van der Waals surface area contributed by atoms with Crippen molar-refractivity contribution in [1.82, 2.24) is 10.2 Å². The number of amides is 1. The molecule has 0 saturated carbocycles. The maximum absolute atomic E-state index is 12.1. The highest BCUT2D eigenvalue weighted by atomic mass is 35.5. The van der Waals surface area contributed by atoms with Gasteiger partial charge in [0.1, 0.15) is 0 Å². The van der Waals surface area contributed by atoms with Gasteiger partial charge in [0.25, 0.3) is 0 Å². The normalized spacial score (nSPS) is 14.4. The molecule has 1 aromatic rings. The van der Waals surface area contributed by atoms with Crippen LogP contribution in [0.3, 0.4) is 0 Å². The third-order valence-electron chi connectivity index (χ3n) is 3.59. The molecule has 1 rings (SSSR count). The highest BCUT2D eigenvalue weighted by Crippen LogP contribution is 2.18. The van der Waals surface area contributed by atoms with Gasteiger partial charge in [0, 0.05) is 18.6 Å². The van der Waals surface area contributed by atoms with E-state index in [0.717, 1.165) is 5.56 Å². The lowest BCUT2D eigenvalue weighted by molar-refractivity contribution is -0.125. The van der Waals surface area contributed by atoms with Gasteiger partial charge in [-0.15, -0.1) is 24.8 Å². The molecule has 3 N–H and O–H groups in total. The molecule has 0 aliphatic heterocycles. The number of hydrogen-bond donors (Lipinski definition) is 2. The number of nitrogens with zero attached hydrogens (tertiary/aromatic N) is 1. The molecule has 0 radical (unpaired) electrons. The van der Waals surface area contributed by atoms with E-state index in [2.05, 4.69) is 17.1 Å². The number of hydrogen-bond acceptors (Lipinski definition) is 3. The Balaban J connectivity index is 0. The second-order valence-corrected chi connectivity index (χ2v) is 5.28. The number of carbonyl (C=O) groups excluding carboxylic acids is 1. The monoisotopic (exact) mass is 335 g/mol. The van der Waals surface area contributed by atoms with E-state index in [1.807, 2.05) is 51.4 Å². The molecule has 3 unspecified atom stereocenters. The standard InChI is InChI=1S/C15H25N3O.2ClH/c1-11(18(3)4)10-17-15(19)12(2)14(16)13-8-6-5-7-9-13;;/h5-9,11-12,14H,10,16H2,1-4H3,(H,17,19);2*1H. The summed E-state index contributed by atoms with van der Waals surface area (Å²) in [5.41, 5.74) is 7.13. The van der Waals surface area contributed by atoms with Crippen molar-refractivity contribution in [3.8, 4) is 0 Å². The summed E-state index contributed by atoms with van der Waals surface area (Å²) < 4.78 is 0. The van der Waals surface area contributed by atoms with Crippen molar-refractivity contribution in [3.63, 3.8) is 0 Å². The lowest BCUT2D eigenvalue weighted by Gasteiger charge is -2.23. The van der Waals surface area contributed by atoms with Crippen molar-refractivity contribution < 1.29 is 4.79 Å². The van der Waals surface area contributed by atoms with E-state index in [1.165, 1.54) is 0 Å². The molecule has 21 heavy (non-hydrogen) atoms. The minimum atomic E-state index is -0.268. The highest BCUT2D eigenvalue weighted by Gasteiger charge is 2.22. The minimum Gasteiger partial charge on any atom is -0.354 e. The molecule has 0 fully saturated rings. The summed E-state index contributed by atoms with van der Waals surface area (Å²) in [6, 6.07) is 9.77. The van der Waals surface area contributed by atoms with Crippen LogP contribution < -0.4 is 11.1 Å². The molecular weight excluding hydrogens is 309 g/mol. The second-order valence-electron chi connectivity index (χ2n) is 5.28. The second kappa shape index (κ2) is 10.9. The lowest BCUT2D eigenvalue weighted by Crippen LogP contribution is -2.42. The SMILES string of the molecule is CC(C(=O)NCC(C)N(C)C)C(N)c1ccccc1.Cl.Cl. The van der Waals surface area contributed by atoms with Crippen molar-refractivity contribution >= 4 is 30.7 Å². The van der Waals surface area contributed by atoms with E-state index < -0.39 is 0 Å². The van der Waals surface area contributed by atoms with Gasteiger partial charge < -0.3 is 16.0 Å². The third-order valence-corrected chi connectivity index (χ3v) is 3.59. The van der Waals surface area contributed by atoms with Gasteiger partial charge in [-0.05, 0) is 26.6 Å². The molecule has 0 aliphatic carbocycles. The molecule has 1 aromatic carbocycles. The summed E-state index contributed by atoms with van der Waals surface area (Å²) in [5, 5.41) is 2.95. The van der Waals surface area contributed by atoms with Crippen LogP contribution in [-0.4, -0.2) is 37.5 Å². The Labute approximate surface area is 140 Å². The Bertz CT molecular complexity index is 401. The van der Waals surface area contributed by atoms with E-state index in [9.17, 15) is 4.79 Å². The van der Waals surface area contributed by atoms with Crippen molar-refractivity contribution in [2.45, 2.75) is 25.9 Å². The van der Waals surface area contributed by atoms with Crippen molar-refractivity contribution in [1.29, 1.82) is 0 Å². The Hall–Kier alpha value is -0.810. The van der Waals surface area contributed by atoms with E-state index >= 15 is 0 Å². The Morgan fingerprint density at radius 1 is 1.19 bits per heavy atom. The van der Waals surface area contributed by atoms with Crippen LogP contribution >= 0.6 is 24.8 Å². The lowest BCUT2D eigenvalue weighted by atomic mass is 9.94. The van der Waals surface area contributed by atoms with Crippen LogP contribution in [0, 0.1) is 5.92 Å². The Morgan fingerprint density at radius 3 is 2.19 bits per heavy atom. The molecule has 4 nitrogen and oxygen atoms in total. The van der Waals surface area contributed by atoms with Gasteiger partial charge in [-0.2, -0.15) is 0 Å². The van der Waals surface area contributed by atoms with Crippen LogP contribution in [-0.2, 0) is 4.79 Å². The maximum atomic E-state index is 12.1. The van der Waals surface area contributed by atoms with E-state index in [-0.39, 0.29) is 42.7 Å². The largest absolute Gasteiger partial charge is 0.354 e. The molecule has 0 aromatic heterocycles. The number of halogens is 2. The van der Waals surface area contributed by atoms with Crippen molar-refractivity contribution in [2.24, 2.45) is 11.7 Å². The summed E-state index contributed by atoms with van der Waals surface area (Å²) in [4.78, 5) is 14.1. The first-order chi connectivity index (χ1) is 8.93. The predicted octanol–water partition coefficient (Wildman–Crippen LogP) is 2.23. The topological polar surface area (TPSA) is 58.4 Å². The fraction of sp³-hybridized carbons (Fsp3) is 0.533. The van der Waals surface area contributed by atoms with Crippen LogP contribution in [0.5, 0.6) is 0 Å². The molecule has 0 aliphatic rings. The van der Waals surface area contributed by atoms with Gasteiger partial charge in [-0.25, -0.2) is 0 Å². The zero-order chi connectivity index (χ0) is 14.4. The van der Waals surface area contributed by atoms with E-state index in [0.29, 0.717) is 12.6 Å². The fourth-order valence-electron chi connectivity index (χ4n) is 1.72. The average Bonchev–Trinajstić information content (AvgIpc) is 2.43. The summed E-state index contributed by atoms with van der Waals surface area (Å²) >= 11 is 0. The van der Waals surface area contributed by atoms with Gasteiger partial charge in [0.05, 0.1) is 5.92 Å². The zero-order valence-electron chi connectivity index (χ0n) is 13.1. The smallest absolute Gasteiger partial charge is 0.224 e. The third kappa shape index (κ3) is 7.14. The number of carbonyl (C=O) groups is 1. The summed E-state index contributed by atoms with van der Waals surface area (Å²) in [7, 11) is 3.99. The number of benzene rings is 1. The predicted molar refractivity (Wildman–Crippen MR) is 93.2 cm³/mol. The molecule has 0 bridgehead atoms. The zero-order valence-corrected chi connectivity index (χ0v) is 14.7. The van der Waals surface area contributed by atoms with Crippen LogP contribution in [0.2, 0.25) is 0 Å². The number of likely N-dealkylation sites (N-methyl/N-ethyl adjacent to an activating group) is 1. The van der Waals surface area contributed by atoms with Gasteiger partial charge in [-0.3, -0.25) is 4.79 Å². The molecule has 3 atom stereocenters. The maximum Gasteiger partial charge on any atom is 0.224 e. The fourth-order valence-corrected chi connectivity index (χ4v) is 1.72. The summed E-state index contributed by atoms with van der Waals surface area (Å²) in [5.74, 6) is -0.234. The van der Waals surface area contributed by atoms with Crippen molar-refractivity contribution in [3.05, 3.63) is 35.9 Å². The quantitative estimate of drug-likeness (QED) is 0.838. The highest BCUT2D eigenvalue weighted by molar-refractivity contribution is 5.85.